The number of likely N-dealkylation sites (N-methyl/N-ethyl adjacent to an activating group) is 1. The first-order valence-corrected chi connectivity index (χ1v) is 9.56. The van der Waals surface area contributed by atoms with E-state index >= 15 is 0 Å². The zero-order valence-electron chi connectivity index (χ0n) is 15.1. The minimum atomic E-state index is -0.206. The normalized spacial score (nSPS) is 10.2. The molecule has 2 amide bonds. The number of carbonyl (C=O) groups excluding carboxylic acids is 2. The molecule has 0 aromatic heterocycles. The number of benzene rings is 2. The van der Waals surface area contributed by atoms with Crippen LogP contribution < -0.4 is 10.1 Å². The number of thioether (sulfide) groups is 1. The summed E-state index contributed by atoms with van der Waals surface area (Å²) in [6.07, 6.45) is 0. The van der Waals surface area contributed by atoms with E-state index in [1.165, 1.54) is 16.7 Å². The van der Waals surface area contributed by atoms with Crippen LogP contribution in [-0.4, -0.2) is 48.4 Å². The van der Waals surface area contributed by atoms with Gasteiger partial charge in [-0.25, -0.2) is 0 Å². The van der Waals surface area contributed by atoms with Crippen molar-refractivity contribution in [2.45, 2.75) is 6.92 Å². The summed E-state index contributed by atoms with van der Waals surface area (Å²) in [5.41, 5.74) is 1.86. The average Bonchev–Trinajstić information content (AvgIpc) is 2.64. The molecule has 138 valence electrons. The van der Waals surface area contributed by atoms with Gasteiger partial charge in [-0.05, 0) is 31.2 Å². The van der Waals surface area contributed by atoms with Gasteiger partial charge < -0.3 is 15.0 Å². The first-order valence-electron chi connectivity index (χ1n) is 8.40. The second kappa shape index (κ2) is 10.5. The first kappa shape index (κ1) is 19.8. The quantitative estimate of drug-likeness (QED) is 0.687. The Hall–Kier alpha value is -2.47. The molecule has 0 saturated carbocycles. The molecule has 2 aromatic rings. The minimum Gasteiger partial charge on any atom is -0.493 e. The fraction of sp³-hybridized carbons (Fsp3) is 0.300. The summed E-state index contributed by atoms with van der Waals surface area (Å²) in [5, 5.41) is 2.79. The zero-order valence-corrected chi connectivity index (χ0v) is 15.9. The number of nitrogens with one attached hydrogen (secondary N) is 1. The Labute approximate surface area is 158 Å². The fourth-order valence-corrected chi connectivity index (χ4v) is 2.89. The van der Waals surface area contributed by atoms with Crippen LogP contribution in [0.15, 0.2) is 54.6 Å². The molecule has 0 saturated heterocycles. The van der Waals surface area contributed by atoms with E-state index in [2.05, 4.69) is 5.32 Å². The molecular weight excluding hydrogens is 348 g/mol. The average molecular weight is 372 g/mol. The van der Waals surface area contributed by atoms with Gasteiger partial charge in [0.15, 0.2) is 0 Å². The van der Waals surface area contributed by atoms with E-state index in [0.717, 1.165) is 17.0 Å². The molecule has 0 unspecified atom stereocenters. The molecule has 6 heteroatoms. The zero-order chi connectivity index (χ0) is 18.8. The van der Waals surface area contributed by atoms with Crippen LogP contribution in [0.1, 0.15) is 5.56 Å². The summed E-state index contributed by atoms with van der Waals surface area (Å²) in [6, 6.07) is 17.1. The lowest BCUT2D eigenvalue weighted by molar-refractivity contribution is -0.131. The Morgan fingerprint density at radius 3 is 2.46 bits per heavy atom. The third kappa shape index (κ3) is 7.19. The number of rotatable bonds is 9. The molecule has 2 rings (SSSR count). The van der Waals surface area contributed by atoms with Crippen molar-refractivity contribution in [3.05, 3.63) is 60.2 Å². The van der Waals surface area contributed by atoms with Crippen molar-refractivity contribution in [1.82, 2.24) is 4.90 Å². The molecule has 0 radical (unpaired) electrons. The smallest absolute Gasteiger partial charge is 0.243 e. The lowest BCUT2D eigenvalue weighted by atomic mass is 10.2. The van der Waals surface area contributed by atoms with Crippen molar-refractivity contribution < 1.29 is 14.3 Å². The van der Waals surface area contributed by atoms with Crippen molar-refractivity contribution in [1.29, 1.82) is 0 Å². The van der Waals surface area contributed by atoms with Crippen molar-refractivity contribution in [2.24, 2.45) is 0 Å². The van der Waals surface area contributed by atoms with Crippen LogP contribution in [0.4, 0.5) is 5.69 Å². The summed E-state index contributed by atoms with van der Waals surface area (Å²) in [4.78, 5) is 25.5. The van der Waals surface area contributed by atoms with Crippen molar-refractivity contribution in [3.8, 4) is 5.75 Å². The van der Waals surface area contributed by atoms with E-state index in [-0.39, 0.29) is 18.4 Å². The molecule has 0 bridgehead atoms. The number of hydrogen-bond donors (Lipinski definition) is 1. The summed E-state index contributed by atoms with van der Waals surface area (Å²) < 4.78 is 5.58. The highest BCUT2D eigenvalue weighted by Gasteiger charge is 2.13. The van der Waals surface area contributed by atoms with Gasteiger partial charge in [-0.3, -0.25) is 9.59 Å². The third-order valence-electron chi connectivity index (χ3n) is 3.61. The van der Waals surface area contributed by atoms with Gasteiger partial charge >= 0.3 is 0 Å². The molecule has 26 heavy (non-hydrogen) atoms. The van der Waals surface area contributed by atoms with Crippen LogP contribution in [0.2, 0.25) is 0 Å². The highest BCUT2D eigenvalue weighted by molar-refractivity contribution is 7.99. The number of aryl methyl sites for hydroxylation is 1. The maximum atomic E-state index is 12.1. The lowest BCUT2D eigenvalue weighted by Gasteiger charge is -2.16. The van der Waals surface area contributed by atoms with Crippen LogP contribution >= 0.6 is 11.8 Å². The highest BCUT2D eigenvalue weighted by atomic mass is 32.2. The summed E-state index contributed by atoms with van der Waals surface area (Å²) in [7, 11) is 1.64. The predicted molar refractivity (Wildman–Crippen MR) is 107 cm³/mol. The Morgan fingerprint density at radius 1 is 1.08 bits per heavy atom. The van der Waals surface area contributed by atoms with Crippen LogP contribution in [0.3, 0.4) is 0 Å². The Balaban J connectivity index is 1.62. The van der Waals surface area contributed by atoms with E-state index in [1.807, 2.05) is 61.5 Å². The van der Waals surface area contributed by atoms with E-state index in [0.29, 0.717) is 18.1 Å². The topological polar surface area (TPSA) is 58.6 Å². The van der Waals surface area contributed by atoms with Crippen molar-refractivity contribution >= 4 is 29.3 Å². The van der Waals surface area contributed by atoms with Crippen LogP contribution in [0.5, 0.6) is 5.75 Å². The Morgan fingerprint density at radius 2 is 1.77 bits per heavy atom. The first-order chi connectivity index (χ1) is 12.5. The molecule has 1 N–H and O–H groups in total. The number of anilines is 1. The monoisotopic (exact) mass is 372 g/mol. The van der Waals surface area contributed by atoms with Gasteiger partial charge in [-0.2, -0.15) is 0 Å². The molecule has 5 nitrogen and oxygen atoms in total. The molecule has 0 aliphatic carbocycles. The summed E-state index contributed by atoms with van der Waals surface area (Å²) in [5.74, 6) is 1.58. The van der Waals surface area contributed by atoms with Gasteiger partial charge in [-0.15, -0.1) is 11.8 Å². The minimum absolute atomic E-state index is 0.0355. The Kier molecular flexibility index (Phi) is 8.02. The second-order valence-corrected chi connectivity index (χ2v) is 6.98. The van der Waals surface area contributed by atoms with E-state index in [1.54, 1.807) is 7.05 Å². The largest absolute Gasteiger partial charge is 0.493 e. The molecule has 0 heterocycles. The number of ether oxygens (including phenoxy) is 1. The van der Waals surface area contributed by atoms with E-state index in [9.17, 15) is 9.59 Å². The molecule has 0 atom stereocenters. The predicted octanol–water partition coefficient (Wildman–Crippen LogP) is 3.20. The third-order valence-corrected chi connectivity index (χ3v) is 4.51. The van der Waals surface area contributed by atoms with E-state index < -0.39 is 0 Å². The molecule has 0 aliphatic rings. The van der Waals surface area contributed by atoms with Crippen LogP contribution in [0.25, 0.3) is 0 Å². The van der Waals surface area contributed by atoms with Gasteiger partial charge in [0.05, 0.1) is 18.9 Å². The number of carbonyl (C=O) groups is 2. The molecule has 0 fully saturated rings. The van der Waals surface area contributed by atoms with Gasteiger partial charge in [0.25, 0.3) is 0 Å². The van der Waals surface area contributed by atoms with Gasteiger partial charge in [-0.1, -0.05) is 35.9 Å². The SMILES string of the molecule is Cc1ccc(NC(=O)CN(C)C(=O)CSCCOc2ccccc2)cc1. The van der Waals surface area contributed by atoms with Crippen LogP contribution in [-0.2, 0) is 9.59 Å². The molecule has 2 aromatic carbocycles. The lowest BCUT2D eigenvalue weighted by Crippen LogP contribution is -2.36. The number of para-hydroxylation sites is 1. The molecule has 0 aliphatic heterocycles. The Bertz CT molecular complexity index is 705. The summed E-state index contributed by atoms with van der Waals surface area (Å²) in [6.45, 7) is 2.56. The van der Waals surface area contributed by atoms with Crippen molar-refractivity contribution in [3.63, 3.8) is 0 Å². The van der Waals surface area contributed by atoms with E-state index in [4.69, 9.17) is 4.74 Å². The second-order valence-electron chi connectivity index (χ2n) is 5.88. The molecule has 0 spiro atoms. The number of nitrogens with zero attached hydrogens (tertiary/aromatic N) is 1. The standard InChI is InChI=1S/C20H24N2O3S/c1-16-8-10-17(11-9-16)21-19(23)14-22(2)20(24)15-26-13-12-25-18-6-4-3-5-7-18/h3-11H,12-15H2,1-2H3,(H,21,23). The number of amides is 2. The highest BCUT2D eigenvalue weighted by Crippen LogP contribution is 2.10. The maximum absolute atomic E-state index is 12.1. The fourth-order valence-electron chi connectivity index (χ4n) is 2.15. The maximum Gasteiger partial charge on any atom is 0.243 e. The summed E-state index contributed by atoms with van der Waals surface area (Å²) >= 11 is 1.49. The van der Waals surface area contributed by atoms with Gasteiger partial charge in [0, 0.05) is 18.5 Å². The van der Waals surface area contributed by atoms with Gasteiger partial charge in [0.2, 0.25) is 11.8 Å². The van der Waals surface area contributed by atoms with Gasteiger partial charge in [0.1, 0.15) is 5.75 Å². The number of hydrogen-bond acceptors (Lipinski definition) is 4. The van der Waals surface area contributed by atoms with Crippen LogP contribution in [0, 0.1) is 6.92 Å². The van der Waals surface area contributed by atoms with Crippen molar-refractivity contribution in [2.75, 3.05) is 37.0 Å². The molecular formula is C20H24N2O3S.